The predicted molar refractivity (Wildman–Crippen MR) is 136 cm³/mol. The van der Waals surface area contributed by atoms with Crippen LogP contribution in [0.4, 0.5) is 33.2 Å². The molecule has 34 heavy (non-hydrogen) atoms. The van der Waals surface area contributed by atoms with Crippen molar-refractivity contribution >= 4 is 41.3 Å². The highest BCUT2D eigenvalue weighted by atomic mass is 31.2. The molecule has 10 heteroatoms. The van der Waals surface area contributed by atoms with Crippen LogP contribution in [-0.2, 0) is 9.98 Å². The van der Waals surface area contributed by atoms with Crippen LogP contribution in [-0.4, -0.2) is 30.4 Å². The second-order valence-electron chi connectivity index (χ2n) is 9.37. The molecule has 0 bridgehead atoms. The fourth-order valence-corrected chi connectivity index (χ4v) is 5.29. The van der Waals surface area contributed by atoms with Crippen LogP contribution in [0.15, 0.2) is 41.7 Å². The summed E-state index contributed by atoms with van der Waals surface area (Å²) >= 11 is 0. The molecule has 0 aliphatic heterocycles. The number of hydrogen-bond acceptors (Lipinski definition) is 8. The van der Waals surface area contributed by atoms with E-state index in [0.29, 0.717) is 11.5 Å². The van der Waals surface area contributed by atoms with E-state index in [1.54, 1.807) is 19.5 Å². The quantitative estimate of drug-likeness (QED) is 0.296. The maximum Gasteiger partial charge on any atom is 0.229 e. The number of nitrogens with one attached hydrogen (secondary N) is 2. The Morgan fingerprint density at radius 2 is 1.82 bits per heavy atom. The molecular formula is C24H29FN5O3P. The Labute approximate surface area is 198 Å². The standard InChI is InChI=1S/C24H29FN5O3P/c1-14-13-26-23(28-19-12-18(30-31)16(25)11-20(19)33-5)29-22(14)27-17-10-8-9-15(24(2,3)4)21(17)34(6,7)32/h8-13H,1-7H3,(H2,26,27,28,29). The van der Waals surface area contributed by atoms with Crippen molar-refractivity contribution in [3.63, 3.8) is 0 Å². The van der Waals surface area contributed by atoms with Gasteiger partial charge in [0.2, 0.25) is 5.95 Å². The van der Waals surface area contributed by atoms with Crippen molar-refractivity contribution in [1.29, 1.82) is 0 Å². The second kappa shape index (κ2) is 9.50. The van der Waals surface area contributed by atoms with Gasteiger partial charge in [-0.2, -0.15) is 4.98 Å². The molecule has 0 aliphatic rings. The third-order valence-electron chi connectivity index (χ3n) is 5.22. The highest BCUT2D eigenvalue weighted by Crippen LogP contribution is 2.43. The molecule has 2 N–H and O–H groups in total. The van der Waals surface area contributed by atoms with Gasteiger partial charge in [-0.1, -0.05) is 32.9 Å². The molecule has 1 aromatic heterocycles. The number of anilines is 4. The Hall–Kier alpha value is -3.32. The number of nitroso groups, excluding NO2 is 1. The molecule has 180 valence electrons. The summed E-state index contributed by atoms with van der Waals surface area (Å²) in [4.78, 5) is 19.8. The number of hydrogen-bond donors (Lipinski definition) is 2. The van der Waals surface area contributed by atoms with Crippen LogP contribution >= 0.6 is 7.14 Å². The molecule has 3 rings (SSSR count). The largest absolute Gasteiger partial charge is 0.494 e. The predicted octanol–water partition coefficient (Wildman–Crippen LogP) is 6.36. The monoisotopic (exact) mass is 485 g/mol. The van der Waals surface area contributed by atoms with Gasteiger partial charge in [-0.15, -0.1) is 4.91 Å². The summed E-state index contributed by atoms with van der Waals surface area (Å²) in [6, 6.07) is 8.10. The molecule has 0 amide bonds. The van der Waals surface area contributed by atoms with Crippen molar-refractivity contribution in [3.8, 4) is 5.75 Å². The average molecular weight is 486 g/mol. The lowest BCUT2D eigenvalue weighted by molar-refractivity contribution is 0.413. The zero-order valence-corrected chi connectivity index (χ0v) is 21.3. The summed E-state index contributed by atoms with van der Waals surface area (Å²) < 4.78 is 32.4. The molecule has 0 saturated carbocycles. The number of ether oxygens (including phenoxy) is 1. The zero-order valence-electron chi connectivity index (χ0n) is 20.4. The van der Waals surface area contributed by atoms with E-state index < -0.39 is 13.0 Å². The molecule has 0 unspecified atom stereocenters. The third kappa shape index (κ3) is 5.42. The molecule has 0 radical (unpaired) electrons. The van der Waals surface area contributed by atoms with E-state index in [-0.39, 0.29) is 28.5 Å². The minimum Gasteiger partial charge on any atom is -0.494 e. The van der Waals surface area contributed by atoms with E-state index >= 15 is 0 Å². The van der Waals surface area contributed by atoms with Gasteiger partial charge >= 0.3 is 0 Å². The fourth-order valence-electron chi connectivity index (χ4n) is 3.59. The van der Waals surface area contributed by atoms with E-state index in [1.165, 1.54) is 13.2 Å². The first-order valence-corrected chi connectivity index (χ1v) is 13.2. The molecule has 8 nitrogen and oxygen atoms in total. The Bertz CT molecular complexity index is 1280. The van der Waals surface area contributed by atoms with Crippen molar-refractivity contribution in [3.05, 3.63) is 58.4 Å². The van der Waals surface area contributed by atoms with E-state index in [1.807, 2.05) is 25.1 Å². The first-order chi connectivity index (χ1) is 15.8. The third-order valence-corrected chi connectivity index (χ3v) is 6.78. The number of rotatable bonds is 7. The lowest BCUT2D eigenvalue weighted by Gasteiger charge is -2.27. The summed E-state index contributed by atoms with van der Waals surface area (Å²) in [6.45, 7) is 11.6. The molecule has 0 fully saturated rings. The van der Waals surface area contributed by atoms with E-state index in [9.17, 15) is 13.9 Å². The van der Waals surface area contributed by atoms with Gasteiger partial charge < -0.3 is 19.9 Å². The van der Waals surface area contributed by atoms with Crippen LogP contribution < -0.4 is 20.7 Å². The summed E-state index contributed by atoms with van der Waals surface area (Å²) in [5.41, 5.74) is 2.20. The number of aryl methyl sites for hydroxylation is 1. The van der Waals surface area contributed by atoms with Crippen molar-refractivity contribution in [2.75, 3.05) is 31.1 Å². The van der Waals surface area contributed by atoms with Crippen molar-refractivity contribution in [1.82, 2.24) is 9.97 Å². The Morgan fingerprint density at radius 1 is 1.12 bits per heavy atom. The van der Waals surface area contributed by atoms with E-state index in [0.717, 1.165) is 22.5 Å². The van der Waals surface area contributed by atoms with Crippen LogP contribution in [0.3, 0.4) is 0 Å². The normalized spacial score (nSPS) is 11.8. The molecular weight excluding hydrogens is 456 g/mol. The van der Waals surface area contributed by atoms with Crippen LogP contribution in [0, 0.1) is 17.6 Å². The number of nitrogens with zero attached hydrogens (tertiary/aromatic N) is 3. The smallest absolute Gasteiger partial charge is 0.229 e. The topological polar surface area (TPSA) is 106 Å². The van der Waals surface area contributed by atoms with Crippen LogP contribution in [0.25, 0.3) is 0 Å². The first-order valence-electron chi connectivity index (χ1n) is 10.6. The average Bonchev–Trinajstić information content (AvgIpc) is 2.75. The Balaban J connectivity index is 2.05. The van der Waals surface area contributed by atoms with Crippen LogP contribution in [0.2, 0.25) is 0 Å². The lowest BCUT2D eigenvalue weighted by atomic mass is 9.86. The van der Waals surface area contributed by atoms with Crippen LogP contribution in [0.1, 0.15) is 31.9 Å². The molecule has 1 heterocycles. The molecule has 0 spiro atoms. The Morgan fingerprint density at radius 3 is 2.41 bits per heavy atom. The summed E-state index contributed by atoms with van der Waals surface area (Å²) in [6.07, 6.45) is 1.62. The van der Waals surface area contributed by atoms with Gasteiger partial charge in [0.25, 0.3) is 0 Å². The van der Waals surface area contributed by atoms with E-state index in [2.05, 4.69) is 46.5 Å². The van der Waals surface area contributed by atoms with Gasteiger partial charge in [0.1, 0.15) is 24.4 Å². The number of halogens is 1. The van der Waals surface area contributed by atoms with Crippen molar-refractivity contribution in [2.45, 2.75) is 33.1 Å². The molecule has 0 aliphatic carbocycles. The second-order valence-corrected chi connectivity index (χ2v) is 12.5. The minimum absolute atomic E-state index is 0.168. The minimum atomic E-state index is -2.65. The molecule has 0 saturated heterocycles. The van der Waals surface area contributed by atoms with Crippen molar-refractivity contribution in [2.24, 2.45) is 5.18 Å². The van der Waals surface area contributed by atoms with Gasteiger partial charge in [-0.05, 0) is 48.5 Å². The Kier molecular flexibility index (Phi) is 7.07. The van der Waals surface area contributed by atoms with Gasteiger partial charge in [0.05, 0.1) is 18.5 Å². The summed E-state index contributed by atoms with van der Waals surface area (Å²) in [5.74, 6) is 0.0775. The highest BCUT2D eigenvalue weighted by molar-refractivity contribution is 7.70. The molecule has 3 aromatic rings. The van der Waals surface area contributed by atoms with Gasteiger partial charge in [-0.3, -0.25) is 0 Å². The van der Waals surface area contributed by atoms with Crippen LogP contribution in [0.5, 0.6) is 5.75 Å². The first kappa shape index (κ1) is 25.3. The fraction of sp³-hybridized carbons (Fsp3) is 0.333. The molecule has 0 atom stereocenters. The van der Waals surface area contributed by atoms with Gasteiger partial charge in [-0.25, -0.2) is 9.37 Å². The molecule has 2 aromatic carbocycles. The van der Waals surface area contributed by atoms with Crippen molar-refractivity contribution < 1.29 is 13.7 Å². The lowest BCUT2D eigenvalue weighted by Crippen LogP contribution is -2.25. The maximum absolute atomic E-state index is 13.9. The van der Waals surface area contributed by atoms with Gasteiger partial charge in [0.15, 0.2) is 5.82 Å². The highest BCUT2D eigenvalue weighted by Gasteiger charge is 2.27. The SMILES string of the molecule is COc1cc(F)c(N=O)cc1Nc1ncc(C)c(Nc2cccc(C(C)(C)C)c2P(C)(C)=O)n1. The number of benzene rings is 2. The maximum atomic E-state index is 13.9. The van der Waals surface area contributed by atoms with E-state index in [4.69, 9.17) is 4.74 Å². The zero-order chi connectivity index (χ0) is 25.3. The number of methoxy groups -OCH3 is 1. The number of aromatic nitrogens is 2. The summed E-state index contributed by atoms with van der Waals surface area (Å²) in [7, 11) is -1.26. The summed E-state index contributed by atoms with van der Waals surface area (Å²) in [5, 5.41) is 9.75. The van der Waals surface area contributed by atoms with Gasteiger partial charge in [0, 0.05) is 23.1 Å².